The van der Waals surface area contributed by atoms with Crippen LogP contribution in [0.3, 0.4) is 0 Å². The molecule has 1 aromatic heterocycles. The Hall–Kier alpha value is -0.940. The van der Waals surface area contributed by atoms with E-state index in [1.807, 2.05) is 19.2 Å². The molecule has 0 aliphatic carbocycles. The van der Waals surface area contributed by atoms with Crippen LogP contribution >= 0.6 is 11.3 Å². The molecular weight excluding hydrogens is 234 g/mol. The molecule has 0 spiro atoms. The molecule has 2 atom stereocenters. The standard InChI is InChI=1S/C12H21N3OS/c1-8(2)7-14-11(16)9(3)15-10(4)12-13-5-6-17-12/h5-6,8-10,15H,7H2,1-4H3,(H,14,16). The highest BCUT2D eigenvalue weighted by atomic mass is 32.1. The van der Waals surface area contributed by atoms with E-state index < -0.39 is 0 Å². The van der Waals surface area contributed by atoms with E-state index in [2.05, 4.69) is 29.5 Å². The first kappa shape index (κ1) is 14.1. The number of hydrogen-bond acceptors (Lipinski definition) is 4. The van der Waals surface area contributed by atoms with E-state index in [0.29, 0.717) is 5.92 Å². The fraction of sp³-hybridized carbons (Fsp3) is 0.667. The van der Waals surface area contributed by atoms with Crippen molar-refractivity contribution in [2.75, 3.05) is 6.54 Å². The molecule has 0 saturated carbocycles. The Morgan fingerprint density at radius 1 is 1.41 bits per heavy atom. The molecule has 1 rings (SSSR count). The summed E-state index contributed by atoms with van der Waals surface area (Å²) in [5.74, 6) is 0.518. The van der Waals surface area contributed by atoms with Gasteiger partial charge in [0.25, 0.3) is 0 Å². The number of nitrogens with zero attached hydrogens (tertiary/aromatic N) is 1. The summed E-state index contributed by atoms with van der Waals surface area (Å²) in [6.07, 6.45) is 1.78. The third-order valence-electron chi connectivity index (χ3n) is 2.40. The molecule has 0 aliphatic rings. The molecule has 0 aromatic carbocycles. The zero-order valence-corrected chi connectivity index (χ0v) is 11.7. The highest BCUT2D eigenvalue weighted by molar-refractivity contribution is 7.09. The fourth-order valence-corrected chi connectivity index (χ4v) is 2.08. The predicted octanol–water partition coefficient (Wildman–Crippen LogP) is 1.95. The van der Waals surface area contributed by atoms with Crippen LogP contribution in [0.1, 0.15) is 38.7 Å². The van der Waals surface area contributed by atoms with Crippen LogP contribution in [0, 0.1) is 5.92 Å². The average Bonchev–Trinajstić information content (AvgIpc) is 2.78. The zero-order valence-electron chi connectivity index (χ0n) is 10.9. The van der Waals surface area contributed by atoms with Gasteiger partial charge in [0.2, 0.25) is 5.91 Å². The molecule has 0 radical (unpaired) electrons. The van der Waals surface area contributed by atoms with Gasteiger partial charge in [0, 0.05) is 18.1 Å². The molecule has 5 heteroatoms. The number of carbonyl (C=O) groups is 1. The number of aromatic nitrogens is 1. The van der Waals surface area contributed by atoms with Gasteiger partial charge >= 0.3 is 0 Å². The molecule has 1 amide bonds. The van der Waals surface area contributed by atoms with Gasteiger partial charge in [-0.2, -0.15) is 0 Å². The Labute approximate surface area is 107 Å². The Morgan fingerprint density at radius 3 is 2.65 bits per heavy atom. The van der Waals surface area contributed by atoms with Gasteiger partial charge in [-0.15, -0.1) is 11.3 Å². The molecule has 1 heterocycles. The maximum Gasteiger partial charge on any atom is 0.236 e. The van der Waals surface area contributed by atoms with Crippen molar-refractivity contribution in [3.8, 4) is 0 Å². The largest absolute Gasteiger partial charge is 0.354 e. The molecule has 17 heavy (non-hydrogen) atoms. The van der Waals surface area contributed by atoms with E-state index in [9.17, 15) is 4.79 Å². The van der Waals surface area contributed by atoms with Gasteiger partial charge in [-0.25, -0.2) is 4.98 Å². The minimum Gasteiger partial charge on any atom is -0.354 e. The predicted molar refractivity (Wildman–Crippen MR) is 71.0 cm³/mol. The second-order valence-corrected chi connectivity index (χ2v) is 5.55. The van der Waals surface area contributed by atoms with Gasteiger partial charge in [0.15, 0.2) is 0 Å². The van der Waals surface area contributed by atoms with E-state index in [0.717, 1.165) is 11.6 Å². The van der Waals surface area contributed by atoms with Crippen molar-refractivity contribution in [3.63, 3.8) is 0 Å². The maximum atomic E-state index is 11.8. The maximum absolute atomic E-state index is 11.8. The van der Waals surface area contributed by atoms with Crippen molar-refractivity contribution in [1.29, 1.82) is 0 Å². The van der Waals surface area contributed by atoms with Crippen LogP contribution in [0.5, 0.6) is 0 Å². The summed E-state index contributed by atoms with van der Waals surface area (Å²) in [6.45, 7) is 8.77. The third-order valence-corrected chi connectivity index (χ3v) is 3.36. The first-order chi connectivity index (χ1) is 8.00. The quantitative estimate of drug-likeness (QED) is 0.817. The lowest BCUT2D eigenvalue weighted by atomic mass is 10.2. The molecule has 0 saturated heterocycles. The van der Waals surface area contributed by atoms with Crippen LogP contribution in [0.15, 0.2) is 11.6 Å². The van der Waals surface area contributed by atoms with Gasteiger partial charge in [-0.3, -0.25) is 10.1 Å². The van der Waals surface area contributed by atoms with E-state index in [4.69, 9.17) is 0 Å². The summed E-state index contributed by atoms with van der Waals surface area (Å²) in [7, 11) is 0. The first-order valence-electron chi connectivity index (χ1n) is 5.93. The molecule has 4 nitrogen and oxygen atoms in total. The Bertz CT molecular complexity index is 338. The van der Waals surface area contributed by atoms with Crippen LogP contribution in [0.4, 0.5) is 0 Å². The molecule has 0 aliphatic heterocycles. The van der Waals surface area contributed by atoms with Crippen molar-refractivity contribution in [2.45, 2.75) is 39.8 Å². The summed E-state index contributed by atoms with van der Waals surface area (Å²) in [5, 5.41) is 9.11. The number of amides is 1. The van der Waals surface area contributed by atoms with Crippen LogP contribution in [0.25, 0.3) is 0 Å². The first-order valence-corrected chi connectivity index (χ1v) is 6.81. The topological polar surface area (TPSA) is 54.0 Å². The van der Waals surface area contributed by atoms with Crippen LogP contribution < -0.4 is 10.6 Å². The summed E-state index contributed by atoms with van der Waals surface area (Å²) >= 11 is 1.60. The second-order valence-electron chi connectivity index (χ2n) is 4.62. The Balaban J connectivity index is 2.38. The molecular formula is C12H21N3OS. The van der Waals surface area contributed by atoms with E-state index in [1.54, 1.807) is 17.5 Å². The number of rotatable bonds is 6. The SMILES string of the molecule is CC(C)CNC(=O)C(C)NC(C)c1nccs1. The molecule has 2 unspecified atom stereocenters. The molecule has 1 aromatic rings. The Kier molecular flexibility index (Phi) is 5.58. The lowest BCUT2D eigenvalue weighted by Crippen LogP contribution is -2.44. The normalized spacial score (nSPS) is 14.6. The summed E-state index contributed by atoms with van der Waals surface area (Å²) in [6, 6.07) is -0.0950. The van der Waals surface area contributed by atoms with E-state index >= 15 is 0 Å². The highest BCUT2D eigenvalue weighted by Gasteiger charge is 2.17. The molecule has 2 N–H and O–H groups in total. The summed E-state index contributed by atoms with van der Waals surface area (Å²) in [5.41, 5.74) is 0. The minimum atomic E-state index is -0.201. The van der Waals surface area contributed by atoms with Crippen molar-refractivity contribution in [3.05, 3.63) is 16.6 Å². The van der Waals surface area contributed by atoms with Crippen molar-refractivity contribution >= 4 is 17.2 Å². The highest BCUT2D eigenvalue weighted by Crippen LogP contribution is 2.15. The minimum absolute atomic E-state index is 0.0436. The molecule has 96 valence electrons. The number of thiazole rings is 1. The third kappa shape index (κ3) is 4.83. The van der Waals surface area contributed by atoms with Crippen molar-refractivity contribution < 1.29 is 4.79 Å². The van der Waals surface area contributed by atoms with Crippen molar-refractivity contribution in [2.24, 2.45) is 5.92 Å². The van der Waals surface area contributed by atoms with Crippen LogP contribution in [0.2, 0.25) is 0 Å². The van der Waals surface area contributed by atoms with Gasteiger partial charge in [0.05, 0.1) is 12.1 Å². The molecule has 0 bridgehead atoms. The summed E-state index contributed by atoms with van der Waals surface area (Å²) < 4.78 is 0. The van der Waals surface area contributed by atoms with Gasteiger partial charge in [-0.1, -0.05) is 13.8 Å². The fourth-order valence-electron chi connectivity index (χ4n) is 1.43. The number of hydrogen-bond donors (Lipinski definition) is 2. The van der Waals surface area contributed by atoms with E-state index in [-0.39, 0.29) is 18.0 Å². The smallest absolute Gasteiger partial charge is 0.236 e. The second kappa shape index (κ2) is 6.71. The average molecular weight is 255 g/mol. The van der Waals surface area contributed by atoms with E-state index in [1.165, 1.54) is 0 Å². The van der Waals surface area contributed by atoms with Crippen LogP contribution in [-0.2, 0) is 4.79 Å². The lowest BCUT2D eigenvalue weighted by Gasteiger charge is -2.18. The lowest BCUT2D eigenvalue weighted by molar-refractivity contribution is -0.123. The number of carbonyl (C=O) groups excluding carboxylic acids is 1. The van der Waals surface area contributed by atoms with Crippen molar-refractivity contribution in [1.82, 2.24) is 15.6 Å². The van der Waals surface area contributed by atoms with Gasteiger partial charge in [-0.05, 0) is 19.8 Å². The van der Waals surface area contributed by atoms with Gasteiger partial charge in [0.1, 0.15) is 5.01 Å². The number of nitrogens with one attached hydrogen (secondary N) is 2. The molecule has 0 fully saturated rings. The van der Waals surface area contributed by atoms with Crippen LogP contribution in [-0.4, -0.2) is 23.5 Å². The van der Waals surface area contributed by atoms with Gasteiger partial charge < -0.3 is 5.32 Å². The zero-order chi connectivity index (χ0) is 12.8. The Morgan fingerprint density at radius 2 is 2.12 bits per heavy atom. The summed E-state index contributed by atoms with van der Waals surface area (Å²) in [4.78, 5) is 16.0. The monoisotopic (exact) mass is 255 g/mol.